The van der Waals surface area contributed by atoms with Gasteiger partial charge in [0.1, 0.15) is 5.82 Å². The van der Waals surface area contributed by atoms with Crippen LogP contribution in [0.25, 0.3) is 0 Å². The van der Waals surface area contributed by atoms with Gasteiger partial charge in [0.15, 0.2) is 0 Å². The van der Waals surface area contributed by atoms with Gasteiger partial charge < -0.3 is 10.6 Å². The lowest BCUT2D eigenvalue weighted by molar-refractivity contribution is -0.137. The molecule has 2 aromatic rings. The van der Waals surface area contributed by atoms with Gasteiger partial charge in [-0.1, -0.05) is 30.3 Å². The van der Waals surface area contributed by atoms with Crippen LogP contribution in [0, 0.1) is 11.7 Å². The number of nitrogens with two attached hydrogens (primary N) is 1. The zero-order valence-electron chi connectivity index (χ0n) is 13.8. The molecule has 26 heavy (non-hydrogen) atoms. The topological polar surface area (TPSA) is 46.3 Å². The summed E-state index contributed by atoms with van der Waals surface area (Å²) in [5.74, 6) is -1.77. The van der Waals surface area contributed by atoms with E-state index in [0.717, 1.165) is 5.56 Å². The molecule has 1 aliphatic rings. The molecule has 3 rings (SSSR count). The van der Waals surface area contributed by atoms with Crippen LogP contribution in [0.5, 0.6) is 0 Å². The van der Waals surface area contributed by atoms with Crippen molar-refractivity contribution in [3.05, 3.63) is 71.0 Å². The van der Waals surface area contributed by atoms with Gasteiger partial charge in [0.05, 0.1) is 11.1 Å². The maximum atomic E-state index is 14.0. The fraction of sp³-hybridized carbons (Fsp3) is 0.316. The zero-order valence-corrected chi connectivity index (χ0v) is 13.8. The van der Waals surface area contributed by atoms with Gasteiger partial charge in [0.2, 0.25) is 0 Å². The number of carbonyl (C=O) groups is 1. The molecule has 0 spiro atoms. The van der Waals surface area contributed by atoms with Gasteiger partial charge in [-0.3, -0.25) is 4.79 Å². The Labute approximate surface area is 148 Å². The smallest absolute Gasteiger partial charge is 0.338 e. The normalized spacial score (nSPS) is 20.4. The van der Waals surface area contributed by atoms with Crippen LogP contribution in [0.15, 0.2) is 48.5 Å². The Morgan fingerprint density at radius 1 is 1.12 bits per heavy atom. The molecule has 1 saturated heterocycles. The van der Waals surface area contributed by atoms with Crippen LogP contribution < -0.4 is 5.73 Å². The minimum atomic E-state index is -4.64. The molecular weight excluding hydrogens is 348 g/mol. The van der Waals surface area contributed by atoms with Crippen molar-refractivity contribution in [2.24, 2.45) is 11.7 Å². The first-order chi connectivity index (χ1) is 12.3. The summed E-state index contributed by atoms with van der Waals surface area (Å²) in [7, 11) is 0. The standard InChI is InChI=1S/C19H18F4N2O/c20-17-7-6-14(19(21,22)23)8-15(17)18(26)25-10-13(9-24)16(11-25)12-4-2-1-3-5-12/h1-8,13,16H,9-11,24H2/t13-,16+/m1/s1. The Balaban J connectivity index is 1.87. The summed E-state index contributed by atoms with van der Waals surface area (Å²) in [5, 5.41) is 0. The lowest BCUT2D eigenvalue weighted by Crippen LogP contribution is -2.30. The highest BCUT2D eigenvalue weighted by molar-refractivity contribution is 5.95. The minimum Gasteiger partial charge on any atom is -0.338 e. The van der Waals surface area contributed by atoms with E-state index in [1.807, 2.05) is 30.3 Å². The van der Waals surface area contributed by atoms with Crippen molar-refractivity contribution in [1.29, 1.82) is 0 Å². The summed E-state index contributed by atoms with van der Waals surface area (Å²) >= 11 is 0. The van der Waals surface area contributed by atoms with Gasteiger partial charge in [-0.25, -0.2) is 4.39 Å². The molecule has 0 unspecified atom stereocenters. The predicted octanol–water partition coefficient (Wildman–Crippen LogP) is 3.66. The third kappa shape index (κ3) is 3.58. The molecule has 0 radical (unpaired) electrons. The average molecular weight is 366 g/mol. The monoisotopic (exact) mass is 366 g/mol. The summed E-state index contributed by atoms with van der Waals surface area (Å²) in [6.07, 6.45) is -4.64. The highest BCUT2D eigenvalue weighted by Crippen LogP contribution is 2.34. The lowest BCUT2D eigenvalue weighted by Gasteiger charge is -2.18. The quantitative estimate of drug-likeness (QED) is 0.843. The number of hydrogen-bond acceptors (Lipinski definition) is 2. The molecule has 1 amide bonds. The van der Waals surface area contributed by atoms with Crippen LogP contribution in [0.1, 0.15) is 27.4 Å². The summed E-state index contributed by atoms with van der Waals surface area (Å²) in [4.78, 5) is 14.0. The van der Waals surface area contributed by atoms with Gasteiger partial charge in [-0.05, 0) is 36.2 Å². The summed E-state index contributed by atoms with van der Waals surface area (Å²) in [5.41, 5.74) is 5.21. The first-order valence-electron chi connectivity index (χ1n) is 8.22. The van der Waals surface area contributed by atoms with E-state index >= 15 is 0 Å². The van der Waals surface area contributed by atoms with E-state index in [1.165, 1.54) is 4.90 Å². The van der Waals surface area contributed by atoms with E-state index in [2.05, 4.69) is 0 Å². The molecule has 1 heterocycles. The lowest BCUT2D eigenvalue weighted by atomic mass is 9.89. The molecule has 3 nitrogen and oxygen atoms in total. The van der Waals surface area contributed by atoms with Crippen molar-refractivity contribution in [1.82, 2.24) is 4.90 Å². The van der Waals surface area contributed by atoms with E-state index in [-0.39, 0.29) is 18.4 Å². The molecule has 2 aromatic carbocycles. The molecule has 1 aliphatic heterocycles. The second kappa shape index (κ2) is 7.07. The van der Waals surface area contributed by atoms with Crippen molar-refractivity contribution < 1.29 is 22.4 Å². The number of rotatable bonds is 3. The van der Waals surface area contributed by atoms with Gasteiger partial charge in [-0.2, -0.15) is 13.2 Å². The first kappa shape index (κ1) is 18.4. The zero-order chi connectivity index (χ0) is 18.9. The summed E-state index contributed by atoms with van der Waals surface area (Å²) < 4.78 is 52.7. The Kier molecular flexibility index (Phi) is 5.00. The van der Waals surface area contributed by atoms with Gasteiger partial charge in [-0.15, -0.1) is 0 Å². The van der Waals surface area contributed by atoms with E-state index in [4.69, 9.17) is 5.73 Å². The minimum absolute atomic E-state index is 0.0287. The number of hydrogen-bond donors (Lipinski definition) is 1. The summed E-state index contributed by atoms with van der Waals surface area (Å²) in [6, 6.07) is 11.4. The molecule has 2 atom stereocenters. The Morgan fingerprint density at radius 2 is 1.81 bits per heavy atom. The number of likely N-dealkylation sites (tertiary alicyclic amines) is 1. The summed E-state index contributed by atoms with van der Waals surface area (Å²) in [6.45, 7) is 0.902. The van der Waals surface area contributed by atoms with Crippen LogP contribution in [0.4, 0.5) is 17.6 Å². The van der Waals surface area contributed by atoms with E-state index in [1.54, 1.807) is 0 Å². The predicted molar refractivity (Wildman–Crippen MR) is 89.0 cm³/mol. The third-order valence-electron chi connectivity index (χ3n) is 4.78. The SMILES string of the molecule is NC[C@@H]1CN(C(=O)c2cc(C(F)(F)F)ccc2F)C[C@H]1c1ccccc1. The van der Waals surface area contributed by atoms with E-state index in [9.17, 15) is 22.4 Å². The first-order valence-corrected chi connectivity index (χ1v) is 8.22. The molecule has 0 bridgehead atoms. The molecule has 7 heteroatoms. The fourth-order valence-corrected chi connectivity index (χ4v) is 3.39. The van der Waals surface area contributed by atoms with Crippen LogP contribution in [-0.2, 0) is 6.18 Å². The maximum Gasteiger partial charge on any atom is 0.416 e. The highest BCUT2D eigenvalue weighted by atomic mass is 19.4. The van der Waals surface area contributed by atoms with Crippen molar-refractivity contribution in [3.8, 4) is 0 Å². The third-order valence-corrected chi connectivity index (χ3v) is 4.78. The molecule has 0 saturated carbocycles. The number of carbonyl (C=O) groups excluding carboxylic acids is 1. The molecule has 0 aromatic heterocycles. The Hall–Kier alpha value is -2.41. The van der Waals surface area contributed by atoms with Crippen molar-refractivity contribution in [2.45, 2.75) is 12.1 Å². The number of alkyl halides is 3. The van der Waals surface area contributed by atoms with Crippen molar-refractivity contribution in [2.75, 3.05) is 19.6 Å². The molecular formula is C19H18F4N2O. The van der Waals surface area contributed by atoms with Crippen LogP contribution in [0.2, 0.25) is 0 Å². The van der Waals surface area contributed by atoms with Gasteiger partial charge in [0, 0.05) is 19.0 Å². The van der Waals surface area contributed by atoms with Crippen molar-refractivity contribution >= 4 is 5.91 Å². The molecule has 2 N–H and O–H groups in total. The molecule has 0 aliphatic carbocycles. The number of halogens is 4. The number of amides is 1. The van der Waals surface area contributed by atoms with Gasteiger partial charge in [0.25, 0.3) is 5.91 Å². The highest BCUT2D eigenvalue weighted by Gasteiger charge is 2.37. The van der Waals surface area contributed by atoms with Crippen LogP contribution in [-0.4, -0.2) is 30.4 Å². The van der Waals surface area contributed by atoms with Gasteiger partial charge >= 0.3 is 6.18 Å². The number of benzene rings is 2. The second-order valence-corrected chi connectivity index (χ2v) is 6.42. The molecule has 1 fully saturated rings. The second-order valence-electron chi connectivity index (χ2n) is 6.42. The van der Waals surface area contributed by atoms with Crippen LogP contribution in [0.3, 0.4) is 0 Å². The van der Waals surface area contributed by atoms with E-state index < -0.39 is 29.0 Å². The Morgan fingerprint density at radius 3 is 2.42 bits per heavy atom. The maximum absolute atomic E-state index is 14.0. The average Bonchev–Trinajstić information content (AvgIpc) is 3.05. The molecule has 138 valence electrons. The van der Waals surface area contributed by atoms with Crippen LogP contribution >= 0.6 is 0 Å². The fourth-order valence-electron chi connectivity index (χ4n) is 3.39. The van der Waals surface area contributed by atoms with E-state index in [0.29, 0.717) is 31.3 Å². The van der Waals surface area contributed by atoms with Crippen molar-refractivity contribution in [3.63, 3.8) is 0 Å². The largest absolute Gasteiger partial charge is 0.416 e. The Bertz CT molecular complexity index is 792. The number of nitrogens with zero attached hydrogens (tertiary/aromatic N) is 1.